The molecule has 3 aliphatic rings. The fourth-order valence-corrected chi connectivity index (χ4v) is 6.12. The van der Waals surface area contributed by atoms with E-state index in [1.54, 1.807) is 12.1 Å². The zero-order valence-electron chi connectivity index (χ0n) is 23.4. The first-order chi connectivity index (χ1) is 21.2. The number of ether oxygens (including phenoxy) is 1. The van der Waals surface area contributed by atoms with Crippen molar-refractivity contribution in [3.8, 4) is 6.01 Å². The van der Waals surface area contributed by atoms with Crippen LogP contribution in [-0.2, 0) is 20.4 Å². The number of benzene rings is 2. The molecule has 3 aliphatic carbocycles. The number of hydrogen-bond acceptors (Lipinski definition) is 10. The van der Waals surface area contributed by atoms with Gasteiger partial charge < -0.3 is 20.7 Å². The van der Waals surface area contributed by atoms with Gasteiger partial charge in [-0.15, -0.1) is 0 Å². The van der Waals surface area contributed by atoms with Crippen LogP contribution in [0, 0.1) is 0 Å². The van der Waals surface area contributed by atoms with E-state index in [1.165, 1.54) is 24.3 Å². The van der Waals surface area contributed by atoms with Crippen LogP contribution in [0.25, 0.3) is 0 Å². The van der Waals surface area contributed by atoms with E-state index in [9.17, 15) is 31.2 Å². The topological polar surface area (TPSA) is 164 Å². The molecule has 4 N–H and O–H groups in total. The normalized spacial score (nSPS) is 18.0. The summed E-state index contributed by atoms with van der Waals surface area (Å²) in [6.45, 7) is -1.60. The number of nitrogens with zero attached hydrogens (tertiary/aromatic N) is 3. The molecule has 2 aromatic carbocycles. The summed E-state index contributed by atoms with van der Waals surface area (Å²) < 4.78 is 69.8. The lowest BCUT2D eigenvalue weighted by Crippen LogP contribution is -2.51. The van der Waals surface area contributed by atoms with Crippen LogP contribution in [0.15, 0.2) is 48.5 Å². The molecule has 0 atom stereocenters. The summed E-state index contributed by atoms with van der Waals surface area (Å²) in [5.74, 6) is -1.46. The molecule has 17 heteroatoms. The first-order valence-electron chi connectivity index (χ1n) is 14.0. The molecule has 45 heavy (non-hydrogen) atoms. The molecule has 0 saturated heterocycles. The van der Waals surface area contributed by atoms with Crippen LogP contribution in [0.5, 0.6) is 6.01 Å². The molecule has 6 rings (SSSR count). The number of rotatable bonds is 12. The first kappa shape index (κ1) is 30.8. The molecule has 0 radical (unpaired) electrons. The van der Waals surface area contributed by atoms with Crippen molar-refractivity contribution in [2.75, 3.05) is 17.2 Å². The second-order valence-corrected chi connectivity index (χ2v) is 13.7. The monoisotopic (exact) mass is 665 g/mol. The Balaban J connectivity index is 1.15. The Morgan fingerprint density at radius 1 is 0.933 bits per heavy atom. The minimum absolute atomic E-state index is 0.00942. The van der Waals surface area contributed by atoms with Crippen LogP contribution in [0.1, 0.15) is 54.4 Å². The third kappa shape index (κ3) is 7.39. The fraction of sp³-hybridized carbons (Fsp3) is 0.393. The number of hydrogen-bond donors (Lipinski definition) is 4. The Morgan fingerprint density at radius 3 is 2.16 bits per heavy atom. The van der Waals surface area contributed by atoms with Gasteiger partial charge in [0, 0.05) is 16.3 Å². The van der Waals surface area contributed by atoms with Crippen LogP contribution in [-0.4, -0.2) is 58.8 Å². The second-order valence-electron chi connectivity index (χ2n) is 11.3. The van der Waals surface area contributed by atoms with E-state index >= 15 is 0 Å². The molecular weight excluding hydrogens is 639 g/mol. The lowest BCUT2D eigenvalue weighted by Gasteiger charge is -2.19. The molecule has 2 amide bonds. The highest BCUT2D eigenvalue weighted by Gasteiger charge is 2.53. The maximum absolute atomic E-state index is 12.9. The fourth-order valence-electron chi connectivity index (χ4n) is 4.62. The van der Waals surface area contributed by atoms with Crippen LogP contribution in [0.2, 0.25) is 5.02 Å². The van der Waals surface area contributed by atoms with Crippen molar-refractivity contribution in [2.45, 2.75) is 61.0 Å². The largest absolute Gasteiger partial charge is 0.454 e. The molecule has 238 valence electrons. The summed E-state index contributed by atoms with van der Waals surface area (Å²) in [5, 5.41) is 8.67. The van der Waals surface area contributed by atoms with Crippen molar-refractivity contribution < 1.29 is 35.9 Å². The molecule has 1 aromatic heterocycles. The van der Waals surface area contributed by atoms with E-state index in [2.05, 4.69) is 35.6 Å². The van der Waals surface area contributed by atoms with Gasteiger partial charge in [0.05, 0.1) is 10.8 Å². The molecule has 1 heterocycles. The maximum Gasteiger partial charge on any atom is 0.422 e. The van der Waals surface area contributed by atoms with Crippen molar-refractivity contribution in [1.29, 1.82) is 0 Å². The molecule has 12 nitrogen and oxygen atoms in total. The summed E-state index contributed by atoms with van der Waals surface area (Å²) in [4.78, 5) is 37.8. The van der Waals surface area contributed by atoms with Gasteiger partial charge in [0.15, 0.2) is 6.61 Å². The van der Waals surface area contributed by atoms with Crippen molar-refractivity contribution in [1.82, 2.24) is 25.0 Å². The zero-order valence-corrected chi connectivity index (χ0v) is 25.0. The molecule has 3 fully saturated rings. The van der Waals surface area contributed by atoms with Crippen LogP contribution in [0.4, 0.5) is 30.8 Å². The number of amides is 2. The number of anilines is 3. The zero-order chi connectivity index (χ0) is 32.0. The smallest absolute Gasteiger partial charge is 0.422 e. The van der Waals surface area contributed by atoms with E-state index in [-0.39, 0.29) is 17.5 Å². The van der Waals surface area contributed by atoms with Crippen LogP contribution in [0.3, 0.4) is 0 Å². The van der Waals surface area contributed by atoms with E-state index in [1.807, 2.05) is 12.1 Å². The number of aromatic nitrogens is 3. The molecule has 3 saturated carbocycles. The summed E-state index contributed by atoms with van der Waals surface area (Å²) in [7, 11) is -3.75. The van der Waals surface area contributed by atoms with Gasteiger partial charge >= 0.3 is 12.2 Å². The minimum atomic E-state index is -4.61. The predicted molar refractivity (Wildman–Crippen MR) is 157 cm³/mol. The van der Waals surface area contributed by atoms with Crippen molar-refractivity contribution in [2.24, 2.45) is 0 Å². The van der Waals surface area contributed by atoms with Crippen LogP contribution >= 0.6 is 11.6 Å². The second kappa shape index (κ2) is 11.3. The van der Waals surface area contributed by atoms with E-state index in [0.717, 1.165) is 18.4 Å². The number of halogens is 4. The number of carbonyl (C=O) groups is 2. The van der Waals surface area contributed by atoms with Gasteiger partial charge in [-0.2, -0.15) is 28.1 Å². The third-order valence-electron chi connectivity index (χ3n) is 7.62. The Kier molecular flexibility index (Phi) is 7.75. The maximum atomic E-state index is 12.9. The standard InChI is InChI=1S/C28H27ClF3N7O5S/c29-18-5-3-17(4-6-18)26(11-12-26)38-24-34-23(35-25(36-24)44-15-28(30,31)32)33-19-7-1-16(2-8-19)21(40)37-27(13-14-27)22(41)39-45(42,43)20-9-10-20/h1-8,20H,9-15H2,(H,37,40)(H,39,41)(H2,33,34,35,36,38). The van der Waals surface area contributed by atoms with Gasteiger partial charge in [0.25, 0.3) is 11.8 Å². The lowest BCUT2D eigenvalue weighted by atomic mass is 10.1. The highest BCUT2D eigenvalue weighted by atomic mass is 35.5. The van der Waals surface area contributed by atoms with Gasteiger partial charge in [-0.1, -0.05) is 23.7 Å². The van der Waals surface area contributed by atoms with E-state index in [4.69, 9.17) is 16.3 Å². The van der Waals surface area contributed by atoms with Gasteiger partial charge in [0.1, 0.15) is 5.54 Å². The molecule has 0 bridgehead atoms. The highest BCUT2D eigenvalue weighted by Crippen LogP contribution is 2.48. The van der Waals surface area contributed by atoms with Crippen molar-refractivity contribution in [3.63, 3.8) is 0 Å². The average molecular weight is 666 g/mol. The van der Waals surface area contributed by atoms with E-state index in [0.29, 0.717) is 36.4 Å². The van der Waals surface area contributed by atoms with Gasteiger partial charge in [0.2, 0.25) is 21.9 Å². The Bertz CT molecular complexity index is 1730. The summed E-state index contributed by atoms with van der Waals surface area (Å²) in [6, 6.07) is 12.5. The molecule has 3 aromatic rings. The molecule has 0 unspecified atom stereocenters. The molecule has 0 aliphatic heterocycles. The predicted octanol–water partition coefficient (Wildman–Crippen LogP) is 4.18. The summed E-state index contributed by atoms with van der Waals surface area (Å²) in [6.07, 6.45) is -1.56. The van der Waals surface area contributed by atoms with Crippen LogP contribution < -0.4 is 25.4 Å². The molecular formula is C28H27ClF3N7O5S. The highest BCUT2D eigenvalue weighted by molar-refractivity contribution is 7.91. The van der Waals surface area contributed by atoms with Crippen molar-refractivity contribution >= 4 is 51.0 Å². The molecule has 0 spiro atoms. The number of carbonyl (C=O) groups excluding carboxylic acids is 2. The third-order valence-corrected chi connectivity index (χ3v) is 9.69. The van der Waals surface area contributed by atoms with E-state index < -0.39 is 57.0 Å². The first-order valence-corrected chi connectivity index (χ1v) is 15.9. The lowest BCUT2D eigenvalue weighted by molar-refractivity contribution is -0.154. The Labute approximate surface area is 260 Å². The Hall–Kier alpha value is -4.18. The quantitative estimate of drug-likeness (QED) is 0.221. The number of alkyl halides is 3. The van der Waals surface area contributed by atoms with Gasteiger partial charge in [-0.25, -0.2) is 8.42 Å². The summed E-state index contributed by atoms with van der Waals surface area (Å²) >= 11 is 6.01. The summed E-state index contributed by atoms with van der Waals surface area (Å²) in [5.41, 5.74) is -0.336. The minimum Gasteiger partial charge on any atom is -0.454 e. The average Bonchev–Trinajstić information content (AvgIpc) is 3.83. The SMILES string of the molecule is O=C(NC1(C(=O)NS(=O)(=O)C2CC2)CC1)c1ccc(Nc2nc(NC3(c4ccc(Cl)cc4)CC3)nc(OCC(F)(F)F)n2)cc1. The van der Waals surface area contributed by atoms with Crippen molar-refractivity contribution in [3.05, 3.63) is 64.7 Å². The van der Waals surface area contributed by atoms with Gasteiger partial charge in [-0.05, 0) is 80.5 Å². The number of nitrogens with one attached hydrogen (secondary N) is 4. The number of sulfonamides is 1. The van der Waals surface area contributed by atoms with Gasteiger partial charge in [-0.3, -0.25) is 14.3 Å². The Morgan fingerprint density at radius 2 is 1.58 bits per heavy atom.